The van der Waals surface area contributed by atoms with Gasteiger partial charge in [0, 0.05) is 5.34 Å². The van der Waals surface area contributed by atoms with E-state index in [1.54, 1.807) is 0 Å². The van der Waals surface area contributed by atoms with Crippen LogP contribution < -0.4 is 0 Å². The first-order chi connectivity index (χ1) is 6.81. The molecule has 0 bridgehead atoms. The summed E-state index contributed by atoms with van der Waals surface area (Å²) >= 11 is 4.45. The van der Waals surface area contributed by atoms with E-state index in [1.165, 1.54) is 6.92 Å². The molecule has 0 aromatic rings. The van der Waals surface area contributed by atoms with E-state index in [-0.39, 0.29) is 6.42 Å². The molecule has 0 amide bonds. The Morgan fingerprint density at radius 1 is 1.50 bits per heavy atom. The van der Waals surface area contributed by atoms with Crippen molar-refractivity contribution in [3.05, 3.63) is 0 Å². The highest BCUT2D eigenvalue weighted by atomic mass is 32.1. The molecule has 0 aliphatic rings. The molecule has 0 fully saturated rings. The van der Waals surface area contributed by atoms with Gasteiger partial charge in [-0.15, -0.1) is 0 Å². The molecule has 0 radical (unpaired) electrons. The Morgan fingerprint density at radius 2 is 2.00 bits per heavy atom. The number of aliphatic hydroxyl groups excluding tert-OH is 4. The molecule has 5 N–H and O–H groups in total. The van der Waals surface area contributed by atoms with Crippen LogP contribution in [0.5, 0.6) is 0 Å². The molecule has 0 aromatic heterocycles. The molecular weight excluding hydrogens is 208 g/mol. The van der Waals surface area contributed by atoms with Gasteiger partial charge in [0.1, 0.15) is 23.9 Å². The lowest BCUT2D eigenvalue weighted by atomic mass is 9.90. The zero-order chi connectivity index (χ0) is 12.2. The van der Waals surface area contributed by atoms with Gasteiger partial charge in [-0.2, -0.15) is 0 Å². The Labute approximate surface area is 89.0 Å². The molecule has 0 saturated carbocycles. The zero-order valence-corrected chi connectivity index (χ0v) is 8.61. The first kappa shape index (κ1) is 12.0. The van der Waals surface area contributed by atoms with Crippen molar-refractivity contribution in [2.24, 2.45) is 0 Å². The van der Waals surface area contributed by atoms with E-state index in [0.717, 1.165) is 0 Å². The summed E-state index contributed by atoms with van der Waals surface area (Å²) in [4.78, 5) is 0. The predicted octanol–water partition coefficient (Wildman–Crippen LogP) is -1.80. The van der Waals surface area contributed by atoms with Crippen LogP contribution in [0.25, 0.3) is 0 Å². The number of aliphatic hydroxyl groups is 5. The van der Waals surface area contributed by atoms with Gasteiger partial charge in [-0.05, 0) is 6.42 Å². The Hall–Kier alpha value is -0.110. The highest BCUT2D eigenvalue weighted by Gasteiger charge is 2.39. The zero-order valence-electron chi connectivity index (χ0n) is 8.79. The van der Waals surface area contributed by atoms with E-state index in [9.17, 15) is 15.3 Å². The topological polar surface area (TPSA) is 101 Å². The highest BCUT2D eigenvalue weighted by molar-refractivity contribution is 7.79. The molecule has 0 aliphatic heterocycles. The fourth-order valence-corrected chi connectivity index (χ4v) is 1.21. The first-order valence-electron chi connectivity index (χ1n) is 4.69. The van der Waals surface area contributed by atoms with Gasteiger partial charge < -0.3 is 25.5 Å². The quantitative estimate of drug-likeness (QED) is 0.342. The van der Waals surface area contributed by atoms with E-state index >= 15 is 0 Å². The summed E-state index contributed by atoms with van der Waals surface area (Å²) in [5.74, 6) is 0. The monoisotopic (exact) mass is 225 g/mol. The molecule has 0 spiro atoms. The summed E-state index contributed by atoms with van der Waals surface area (Å²) in [6.45, 7) is 0.713. The van der Waals surface area contributed by atoms with E-state index in [0.29, 0.717) is 0 Å². The van der Waals surface area contributed by atoms with E-state index in [2.05, 4.69) is 12.2 Å². The van der Waals surface area contributed by atoms with Gasteiger partial charge in [0.2, 0.25) is 0 Å². The Bertz CT molecular complexity index is 227. The standard InChI is InChI=1S/C8H16O5S/c1-2-8(13,4-14)7(12)6(11)5(10)3-9/h4-7,9-13H,2-3H2,1H3/t5-,6-,7+,8-/m1/s1/i4D. The lowest BCUT2D eigenvalue weighted by molar-refractivity contribution is -0.132. The fraction of sp³-hybridized carbons (Fsp3) is 0.875. The van der Waals surface area contributed by atoms with Gasteiger partial charge in [-0.3, -0.25) is 0 Å². The van der Waals surface area contributed by atoms with E-state index < -0.39 is 35.9 Å². The van der Waals surface area contributed by atoms with E-state index in [1.807, 2.05) is 0 Å². The summed E-state index contributed by atoms with van der Waals surface area (Å²) in [7, 11) is 0. The summed E-state index contributed by atoms with van der Waals surface area (Å²) < 4.78 is 7.12. The van der Waals surface area contributed by atoms with Crippen LogP contribution in [-0.4, -0.2) is 61.4 Å². The predicted molar refractivity (Wildman–Crippen MR) is 54.0 cm³/mol. The van der Waals surface area contributed by atoms with Gasteiger partial charge in [-0.1, -0.05) is 19.1 Å². The van der Waals surface area contributed by atoms with Gasteiger partial charge in [-0.25, -0.2) is 0 Å². The second-order valence-corrected chi connectivity index (χ2v) is 3.27. The summed E-state index contributed by atoms with van der Waals surface area (Å²) in [5.41, 5.74) is -2.06. The Kier molecular flexibility index (Phi) is 4.86. The number of hydrogen-bond donors (Lipinski definition) is 5. The molecule has 6 heteroatoms. The maximum absolute atomic E-state index is 9.75. The Morgan fingerprint density at radius 3 is 2.29 bits per heavy atom. The van der Waals surface area contributed by atoms with Crippen molar-refractivity contribution < 1.29 is 26.9 Å². The van der Waals surface area contributed by atoms with Crippen LogP contribution in [0.3, 0.4) is 0 Å². The van der Waals surface area contributed by atoms with Crippen molar-refractivity contribution in [2.75, 3.05) is 6.61 Å². The van der Waals surface area contributed by atoms with Crippen molar-refractivity contribution in [3.8, 4) is 0 Å². The van der Waals surface area contributed by atoms with Crippen LogP contribution in [0, 0.1) is 0 Å². The average Bonchev–Trinajstić information content (AvgIpc) is 2.24. The molecular formula is C8H16O5S. The number of rotatable bonds is 6. The molecule has 84 valence electrons. The highest BCUT2D eigenvalue weighted by Crippen LogP contribution is 2.18. The lowest BCUT2D eigenvalue weighted by Crippen LogP contribution is -2.54. The number of hydrogen-bond acceptors (Lipinski definition) is 6. The largest absolute Gasteiger partial charge is 0.394 e. The van der Waals surface area contributed by atoms with Gasteiger partial charge in [0.15, 0.2) is 0 Å². The van der Waals surface area contributed by atoms with Crippen molar-refractivity contribution in [3.63, 3.8) is 0 Å². The van der Waals surface area contributed by atoms with Crippen molar-refractivity contribution >= 4 is 17.6 Å². The normalized spacial score (nSPS) is 23.1. The van der Waals surface area contributed by atoms with Crippen LogP contribution >= 0.6 is 12.2 Å². The van der Waals surface area contributed by atoms with Gasteiger partial charge >= 0.3 is 0 Å². The van der Waals surface area contributed by atoms with Crippen LogP contribution in [0.4, 0.5) is 0 Å². The molecule has 14 heavy (non-hydrogen) atoms. The van der Waals surface area contributed by atoms with Crippen molar-refractivity contribution in [1.82, 2.24) is 0 Å². The third-order valence-electron chi connectivity index (χ3n) is 2.11. The molecule has 0 saturated heterocycles. The minimum absolute atomic E-state index is 0.0777. The summed E-state index contributed by atoms with van der Waals surface area (Å²) in [6, 6.07) is 0. The van der Waals surface area contributed by atoms with Crippen LogP contribution in [-0.2, 0) is 0 Å². The smallest absolute Gasteiger partial charge is 0.121 e. The molecule has 0 heterocycles. The number of thiocarbonyl (C=S) groups is 1. The molecule has 0 rings (SSSR count). The van der Waals surface area contributed by atoms with E-state index in [4.69, 9.17) is 11.6 Å². The SMILES string of the molecule is [2H]C(=S)[C@](O)(CC)[C@@H](O)[C@H](O)[C@H](O)CO. The van der Waals surface area contributed by atoms with Crippen molar-refractivity contribution in [1.29, 1.82) is 0 Å². The van der Waals surface area contributed by atoms with Crippen LogP contribution in [0.15, 0.2) is 0 Å². The third kappa shape index (κ3) is 2.94. The molecule has 5 nitrogen and oxygen atoms in total. The maximum atomic E-state index is 9.75. The summed E-state index contributed by atoms with van der Waals surface area (Å²) in [6.07, 6.45) is -5.24. The minimum Gasteiger partial charge on any atom is -0.394 e. The second kappa shape index (κ2) is 5.69. The minimum atomic E-state index is -2.06. The molecule has 0 unspecified atom stereocenters. The second-order valence-electron chi connectivity index (χ2n) is 3.07. The third-order valence-corrected chi connectivity index (χ3v) is 2.46. The summed E-state index contributed by atoms with van der Waals surface area (Å²) in [5, 5.41) is 45.6. The first-order valence-corrected chi connectivity index (χ1v) is 4.60. The van der Waals surface area contributed by atoms with Gasteiger partial charge in [0.25, 0.3) is 0 Å². The average molecular weight is 225 g/mol. The fourth-order valence-electron chi connectivity index (χ4n) is 0.943. The Balaban J connectivity index is 4.79. The molecule has 0 aliphatic carbocycles. The lowest BCUT2D eigenvalue weighted by Gasteiger charge is -2.32. The van der Waals surface area contributed by atoms with Crippen LogP contribution in [0.2, 0.25) is 0 Å². The molecule has 4 atom stereocenters. The maximum Gasteiger partial charge on any atom is 0.121 e. The van der Waals surface area contributed by atoms with Crippen molar-refractivity contribution in [2.45, 2.75) is 37.3 Å². The van der Waals surface area contributed by atoms with Crippen LogP contribution in [0.1, 0.15) is 14.7 Å². The molecule has 0 aromatic carbocycles. The van der Waals surface area contributed by atoms with Gasteiger partial charge in [0.05, 0.1) is 7.98 Å².